The second-order valence-electron chi connectivity index (χ2n) is 4.42. The number of aromatic nitrogens is 2. The Morgan fingerprint density at radius 3 is 2.81 bits per heavy atom. The molecule has 2 rings (SSSR count). The Labute approximate surface area is 92.3 Å². The summed E-state index contributed by atoms with van der Waals surface area (Å²) in [6, 6.07) is 0. The van der Waals surface area contributed by atoms with E-state index >= 15 is 0 Å². The molecule has 0 amide bonds. The highest BCUT2D eigenvalue weighted by Gasteiger charge is 2.30. The summed E-state index contributed by atoms with van der Waals surface area (Å²) in [5.41, 5.74) is 1.75. The van der Waals surface area contributed by atoms with Crippen molar-refractivity contribution in [1.82, 2.24) is 9.97 Å². The summed E-state index contributed by atoms with van der Waals surface area (Å²) in [5, 5.41) is 0. The van der Waals surface area contributed by atoms with Gasteiger partial charge in [0.05, 0.1) is 5.69 Å². The van der Waals surface area contributed by atoms with Crippen molar-refractivity contribution in [3.8, 4) is 0 Å². The number of imidazole rings is 1. The fraction of sp³-hybridized carbons (Fsp3) is 0.727. The Bertz CT molecular complexity index is 368. The molecule has 0 spiro atoms. The van der Waals surface area contributed by atoms with E-state index in [2.05, 4.69) is 16.9 Å². The highest BCUT2D eigenvalue weighted by Crippen LogP contribution is 2.27. The Kier molecular flexibility index (Phi) is 2.95. The molecule has 1 aromatic rings. The highest BCUT2D eigenvalue weighted by atomic mass is 19.4. The fourth-order valence-corrected chi connectivity index (χ4v) is 2.23. The number of aryl methyl sites for hydroxylation is 1. The van der Waals surface area contributed by atoms with Crippen LogP contribution >= 0.6 is 0 Å². The van der Waals surface area contributed by atoms with Crippen molar-refractivity contribution in [2.75, 3.05) is 0 Å². The van der Waals surface area contributed by atoms with Crippen LogP contribution in [0.2, 0.25) is 0 Å². The molecular weight excluding hydrogens is 217 g/mol. The molecule has 0 radical (unpaired) electrons. The summed E-state index contributed by atoms with van der Waals surface area (Å²) >= 11 is 0. The van der Waals surface area contributed by atoms with Gasteiger partial charge in [-0.2, -0.15) is 13.2 Å². The van der Waals surface area contributed by atoms with E-state index < -0.39 is 12.6 Å². The molecule has 1 aromatic heterocycles. The molecule has 2 nitrogen and oxygen atoms in total. The lowest BCUT2D eigenvalue weighted by molar-refractivity contribution is -0.128. The van der Waals surface area contributed by atoms with E-state index in [1.807, 2.05) is 0 Å². The van der Waals surface area contributed by atoms with Gasteiger partial charge in [-0.3, -0.25) is 0 Å². The van der Waals surface area contributed by atoms with Crippen LogP contribution in [0.1, 0.15) is 37.0 Å². The Morgan fingerprint density at radius 1 is 1.44 bits per heavy atom. The van der Waals surface area contributed by atoms with Gasteiger partial charge in [0.2, 0.25) is 0 Å². The van der Waals surface area contributed by atoms with Gasteiger partial charge < -0.3 is 4.98 Å². The third-order valence-corrected chi connectivity index (χ3v) is 3.14. The largest absolute Gasteiger partial charge is 0.396 e. The van der Waals surface area contributed by atoms with Gasteiger partial charge >= 0.3 is 6.18 Å². The minimum Gasteiger partial charge on any atom is -0.345 e. The lowest BCUT2D eigenvalue weighted by atomic mass is 9.88. The molecule has 0 aromatic carbocycles. The SMILES string of the molecule is CCC1CCc2nc(CC(F)(F)F)[nH]c2C1. The monoisotopic (exact) mass is 232 g/mol. The summed E-state index contributed by atoms with van der Waals surface area (Å²) < 4.78 is 36.6. The zero-order valence-corrected chi connectivity index (χ0v) is 9.19. The van der Waals surface area contributed by atoms with E-state index in [0.717, 1.165) is 37.1 Å². The Hall–Kier alpha value is -1.00. The number of nitrogens with one attached hydrogen (secondary N) is 1. The Morgan fingerprint density at radius 2 is 2.19 bits per heavy atom. The minimum absolute atomic E-state index is 0.0641. The van der Waals surface area contributed by atoms with Crippen molar-refractivity contribution < 1.29 is 13.2 Å². The van der Waals surface area contributed by atoms with E-state index in [0.29, 0.717) is 5.92 Å². The van der Waals surface area contributed by atoms with Gasteiger partial charge in [0.15, 0.2) is 0 Å². The lowest BCUT2D eigenvalue weighted by Gasteiger charge is -2.19. The first-order valence-electron chi connectivity index (χ1n) is 5.61. The van der Waals surface area contributed by atoms with Crippen molar-refractivity contribution >= 4 is 0 Å². The topological polar surface area (TPSA) is 28.7 Å². The van der Waals surface area contributed by atoms with Crippen molar-refractivity contribution in [1.29, 1.82) is 0 Å². The number of aromatic amines is 1. The molecule has 1 aliphatic rings. The highest BCUT2D eigenvalue weighted by molar-refractivity contribution is 5.19. The average molecular weight is 232 g/mol. The fourth-order valence-electron chi connectivity index (χ4n) is 2.23. The maximum Gasteiger partial charge on any atom is 0.396 e. The summed E-state index contributed by atoms with van der Waals surface area (Å²) in [5.74, 6) is 0.654. The number of hydrogen-bond donors (Lipinski definition) is 1. The zero-order valence-electron chi connectivity index (χ0n) is 9.19. The van der Waals surface area contributed by atoms with Crippen LogP contribution in [0.15, 0.2) is 0 Å². The van der Waals surface area contributed by atoms with Crippen LogP contribution in [0, 0.1) is 5.92 Å². The first-order chi connectivity index (χ1) is 7.48. The van der Waals surface area contributed by atoms with Crippen LogP contribution < -0.4 is 0 Å². The van der Waals surface area contributed by atoms with Crippen molar-refractivity contribution in [2.24, 2.45) is 5.92 Å². The predicted octanol–water partition coefficient (Wildman–Crippen LogP) is 3.03. The van der Waals surface area contributed by atoms with Gasteiger partial charge in [0, 0.05) is 5.69 Å². The van der Waals surface area contributed by atoms with E-state index in [1.165, 1.54) is 0 Å². The number of H-pyrrole nitrogens is 1. The van der Waals surface area contributed by atoms with Crippen molar-refractivity contribution in [2.45, 2.75) is 45.2 Å². The van der Waals surface area contributed by atoms with Crippen molar-refractivity contribution in [3.63, 3.8) is 0 Å². The summed E-state index contributed by atoms with van der Waals surface area (Å²) in [7, 11) is 0. The standard InChI is InChI=1S/C11H15F3N2/c1-2-7-3-4-8-9(5-7)16-10(15-8)6-11(12,13)14/h7H,2-6H2,1H3,(H,15,16). The first-order valence-corrected chi connectivity index (χ1v) is 5.61. The minimum atomic E-state index is -4.18. The van der Waals surface area contributed by atoms with Gasteiger partial charge in [-0.25, -0.2) is 4.98 Å². The number of hydrogen-bond acceptors (Lipinski definition) is 1. The van der Waals surface area contributed by atoms with Gasteiger partial charge in [0.25, 0.3) is 0 Å². The van der Waals surface area contributed by atoms with Crippen LogP contribution in [0.3, 0.4) is 0 Å². The number of rotatable bonds is 2. The van der Waals surface area contributed by atoms with E-state index in [-0.39, 0.29) is 5.82 Å². The molecule has 0 saturated carbocycles. The van der Waals surface area contributed by atoms with Crippen LogP contribution in [0.4, 0.5) is 13.2 Å². The molecule has 0 bridgehead atoms. The van der Waals surface area contributed by atoms with Gasteiger partial charge in [-0.15, -0.1) is 0 Å². The molecule has 1 aliphatic carbocycles. The molecule has 0 aliphatic heterocycles. The van der Waals surface area contributed by atoms with Crippen LogP contribution in [0.25, 0.3) is 0 Å². The summed E-state index contributed by atoms with van der Waals surface area (Å²) in [6.07, 6.45) is -1.35. The molecule has 0 fully saturated rings. The van der Waals surface area contributed by atoms with Crippen molar-refractivity contribution in [3.05, 3.63) is 17.2 Å². The molecule has 1 atom stereocenters. The second-order valence-corrected chi connectivity index (χ2v) is 4.42. The van der Waals surface area contributed by atoms with Crippen LogP contribution in [0.5, 0.6) is 0 Å². The third kappa shape index (κ3) is 2.57. The summed E-state index contributed by atoms with van der Waals surface area (Å²) in [6.45, 7) is 2.11. The summed E-state index contributed by atoms with van der Waals surface area (Å²) in [4.78, 5) is 6.85. The molecule has 0 saturated heterocycles. The second kappa shape index (κ2) is 4.11. The Balaban J connectivity index is 2.12. The zero-order chi connectivity index (χ0) is 11.8. The third-order valence-electron chi connectivity index (χ3n) is 3.14. The molecule has 1 heterocycles. The first kappa shape index (κ1) is 11.5. The molecular formula is C11H15F3N2. The van der Waals surface area contributed by atoms with E-state index in [4.69, 9.17) is 0 Å². The number of nitrogens with zero attached hydrogens (tertiary/aromatic N) is 1. The molecule has 1 unspecified atom stereocenters. The van der Waals surface area contributed by atoms with Gasteiger partial charge in [0.1, 0.15) is 12.2 Å². The maximum absolute atomic E-state index is 12.2. The lowest BCUT2D eigenvalue weighted by Crippen LogP contribution is -2.13. The normalized spacial score (nSPS) is 20.9. The smallest absolute Gasteiger partial charge is 0.345 e. The van der Waals surface area contributed by atoms with Crippen LogP contribution in [-0.2, 0) is 19.3 Å². The molecule has 5 heteroatoms. The van der Waals surface area contributed by atoms with Crippen LogP contribution in [-0.4, -0.2) is 16.1 Å². The maximum atomic E-state index is 12.2. The number of alkyl halides is 3. The average Bonchev–Trinajstić information content (AvgIpc) is 2.55. The molecule has 16 heavy (non-hydrogen) atoms. The predicted molar refractivity (Wildman–Crippen MR) is 54.2 cm³/mol. The molecule has 90 valence electrons. The number of halogens is 3. The van der Waals surface area contributed by atoms with Gasteiger partial charge in [-0.1, -0.05) is 13.3 Å². The van der Waals surface area contributed by atoms with E-state index in [9.17, 15) is 13.2 Å². The van der Waals surface area contributed by atoms with Gasteiger partial charge in [-0.05, 0) is 25.2 Å². The molecule has 1 N–H and O–H groups in total. The quantitative estimate of drug-likeness (QED) is 0.834. The van der Waals surface area contributed by atoms with E-state index in [1.54, 1.807) is 0 Å². The number of fused-ring (bicyclic) bond motifs is 1.